The molecule has 0 bridgehead atoms. The molecule has 0 aliphatic carbocycles. The van der Waals surface area contributed by atoms with Gasteiger partial charge in [0.2, 0.25) is 5.95 Å². The molecule has 1 aromatic carbocycles. The molecule has 0 saturated heterocycles. The van der Waals surface area contributed by atoms with E-state index < -0.39 is 4.92 Å². The molecule has 1 atom stereocenters. The van der Waals surface area contributed by atoms with Crippen molar-refractivity contribution in [3.05, 3.63) is 58.4 Å². The largest absolute Gasteiger partial charge is 0.351 e. The van der Waals surface area contributed by atoms with Gasteiger partial charge in [0.1, 0.15) is 12.4 Å². The third-order valence-corrected chi connectivity index (χ3v) is 2.61. The Kier molecular flexibility index (Phi) is 4.02. The Balaban J connectivity index is 1.95. The zero-order valence-electron chi connectivity index (χ0n) is 10.5. The van der Waals surface area contributed by atoms with Crippen LogP contribution in [0.1, 0.15) is 12.5 Å². The fraction of sp³-hybridized carbons (Fsp3) is 0.231. The summed E-state index contributed by atoms with van der Waals surface area (Å²) in [5, 5.41) is 13.6. The predicted molar refractivity (Wildman–Crippen MR) is 71.9 cm³/mol. The fourth-order valence-corrected chi connectivity index (χ4v) is 1.73. The second-order valence-electron chi connectivity index (χ2n) is 4.26. The highest BCUT2D eigenvalue weighted by Gasteiger charge is 2.09. The molecule has 0 saturated carbocycles. The van der Waals surface area contributed by atoms with Crippen LogP contribution in [-0.4, -0.2) is 20.9 Å². The summed E-state index contributed by atoms with van der Waals surface area (Å²) in [6, 6.07) is 10.2. The summed E-state index contributed by atoms with van der Waals surface area (Å²) in [5.74, 6) is 0.397. The Morgan fingerprint density at radius 3 is 2.47 bits per heavy atom. The van der Waals surface area contributed by atoms with Gasteiger partial charge in [-0.25, -0.2) is 9.97 Å². The second-order valence-corrected chi connectivity index (χ2v) is 4.26. The fourth-order valence-electron chi connectivity index (χ4n) is 1.73. The molecule has 1 N–H and O–H groups in total. The van der Waals surface area contributed by atoms with Crippen LogP contribution in [0, 0.1) is 10.1 Å². The van der Waals surface area contributed by atoms with Gasteiger partial charge >= 0.3 is 5.69 Å². The zero-order chi connectivity index (χ0) is 13.7. The first-order valence-electron chi connectivity index (χ1n) is 5.92. The van der Waals surface area contributed by atoms with Crippen LogP contribution in [0.5, 0.6) is 0 Å². The Morgan fingerprint density at radius 2 is 1.89 bits per heavy atom. The SMILES string of the molecule is CC(Cc1ccccc1)Nc1ncc([N+](=O)[O-])cn1. The first-order valence-corrected chi connectivity index (χ1v) is 5.92. The van der Waals surface area contributed by atoms with Crippen LogP contribution in [0.25, 0.3) is 0 Å². The highest BCUT2D eigenvalue weighted by Crippen LogP contribution is 2.10. The summed E-state index contributed by atoms with van der Waals surface area (Å²) in [6.45, 7) is 2.01. The number of hydrogen-bond acceptors (Lipinski definition) is 5. The smallest absolute Gasteiger partial charge is 0.305 e. The Labute approximate surface area is 110 Å². The van der Waals surface area contributed by atoms with Crippen molar-refractivity contribution in [3.8, 4) is 0 Å². The Morgan fingerprint density at radius 1 is 1.26 bits per heavy atom. The van der Waals surface area contributed by atoms with Crippen molar-refractivity contribution >= 4 is 11.6 Å². The summed E-state index contributed by atoms with van der Waals surface area (Å²) in [6.07, 6.45) is 3.23. The third kappa shape index (κ3) is 3.74. The molecule has 0 aliphatic heterocycles. The summed E-state index contributed by atoms with van der Waals surface area (Å²) in [7, 11) is 0. The number of nitrogens with zero attached hydrogens (tertiary/aromatic N) is 3. The maximum atomic E-state index is 10.5. The lowest BCUT2D eigenvalue weighted by Crippen LogP contribution is -2.19. The first-order chi connectivity index (χ1) is 9.15. The maximum Gasteiger partial charge on any atom is 0.305 e. The lowest BCUT2D eigenvalue weighted by atomic mass is 10.1. The minimum atomic E-state index is -0.517. The van der Waals surface area contributed by atoms with E-state index in [0.717, 1.165) is 6.42 Å². The van der Waals surface area contributed by atoms with Crippen LogP contribution in [0.3, 0.4) is 0 Å². The molecule has 0 spiro atoms. The van der Waals surface area contributed by atoms with Crippen LogP contribution in [0.2, 0.25) is 0 Å². The van der Waals surface area contributed by atoms with Gasteiger partial charge in [0.15, 0.2) is 0 Å². The molecule has 0 radical (unpaired) electrons. The topological polar surface area (TPSA) is 81.0 Å². The van der Waals surface area contributed by atoms with Crippen LogP contribution in [-0.2, 0) is 6.42 Å². The van der Waals surface area contributed by atoms with Gasteiger partial charge in [0.05, 0.1) is 4.92 Å². The molecule has 0 aliphatic rings. The van der Waals surface area contributed by atoms with E-state index in [1.807, 2.05) is 25.1 Å². The number of anilines is 1. The van der Waals surface area contributed by atoms with Gasteiger partial charge < -0.3 is 5.32 Å². The molecule has 98 valence electrons. The van der Waals surface area contributed by atoms with E-state index in [1.54, 1.807) is 0 Å². The van der Waals surface area contributed by atoms with Crippen LogP contribution in [0.15, 0.2) is 42.7 Å². The van der Waals surface area contributed by atoms with Crippen molar-refractivity contribution in [1.82, 2.24) is 9.97 Å². The molecule has 19 heavy (non-hydrogen) atoms. The van der Waals surface area contributed by atoms with E-state index in [4.69, 9.17) is 0 Å². The number of nitrogens with one attached hydrogen (secondary N) is 1. The summed E-state index contributed by atoms with van der Waals surface area (Å²) < 4.78 is 0. The normalized spacial score (nSPS) is 11.8. The molecule has 6 nitrogen and oxygen atoms in total. The summed E-state index contributed by atoms with van der Waals surface area (Å²) in [5.41, 5.74) is 1.10. The molecule has 0 fully saturated rings. The predicted octanol–water partition coefficient (Wildman–Crippen LogP) is 2.43. The number of benzene rings is 1. The molecule has 1 heterocycles. The standard InChI is InChI=1S/C13H14N4O2/c1-10(7-11-5-3-2-4-6-11)16-13-14-8-12(9-15-13)17(18)19/h2-6,8-10H,7H2,1H3,(H,14,15,16). The maximum absolute atomic E-state index is 10.5. The van der Waals surface area contributed by atoms with E-state index in [9.17, 15) is 10.1 Å². The van der Waals surface area contributed by atoms with Crippen LogP contribution < -0.4 is 5.32 Å². The minimum Gasteiger partial charge on any atom is -0.351 e. The molecule has 1 aromatic heterocycles. The van der Waals surface area contributed by atoms with Gasteiger partial charge in [-0.15, -0.1) is 0 Å². The van der Waals surface area contributed by atoms with Crippen molar-refractivity contribution in [3.63, 3.8) is 0 Å². The van der Waals surface area contributed by atoms with Crippen molar-refractivity contribution in [2.75, 3.05) is 5.32 Å². The van der Waals surface area contributed by atoms with E-state index in [2.05, 4.69) is 27.4 Å². The van der Waals surface area contributed by atoms with Crippen LogP contribution >= 0.6 is 0 Å². The molecular weight excluding hydrogens is 244 g/mol. The number of aromatic nitrogens is 2. The van der Waals surface area contributed by atoms with Crippen molar-refractivity contribution in [1.29, 1.82) is 0 Å². The first kappa shape index (κ1) is 12.9. The van der Waals surface area contributed by atoms with Gasteiger partial charge in [0, 0.05) is 6.04 Å². The van der Waals surface area contributed by atoms with Gasteiger partial charge in [-0.2, -0.15) is 0 Å². The second kappa shape index (κ2) is 5.90. The van der Waals surface area contributed by atoms with E-state index >= 15 is 0 Å². The van der Waals surface area contributed by atoms with Crippen LogP contribution in [0.4, 0.5) is 11.6 Å². The molecule has 1 unspecified atom stereocenters. The Bertz CT molecular complexity index is 542. The van der Waals surface area contributed by atoms with E-state index in [0.29, 0.717) is 5.95 Å². The average molecular weight is 258 g/mol. The lowest BCUT2D eigenvalue weighted by Gasteiger charge is -2.13. The van der Waals surface area contributed by atoms with E-state index in [-0.39, 0.29) is 11.7 Å². The van der Waals surface area contributed by atoms with E-state index in [1.165, 1.54) is 18.0 Å². The molecule has 2 rings (SSSR count). The number of hydrogen-bond donors (Lipinski definition) is 1. The van der Waals surface area contributed by atoms with Gasteiger partial charge in [-0.1, -0.05) is 30.3 Å². The van der Waals surface area contributed by atoms with Gasteiger partial charge in [-0.05, 0) is 18.9 Å². The molecule has 2 aromatic rings. The Hall–Kier alpha value is -2.50. The minimum absolute atomic E-state index is 0.110. The monoisotopic (exact) mass is 258 g/mol. The quantitative estimate of drug-likeness (QED) is 0.658. The molecule has 6 heteroatoms. The summed E-state index contributed by atoms with van der Waals surface area (Å²) in [4.78, 5) is 17.8. The zero-order valence-corrected chi connectivity index (χ0v) is 10.5. The molecular formula is C13H14N4O2. The lowest BCUT2D eigenvalue weighted by molar-refractivity contribution is -0.385. The number of rotatable bonds is 5. The van der Waals surface area contributed by atoms with Crippen molar-refractivity contribution in [2.45, 2.75) is 19.4 Å². The third-order valence-electron chi connectivity index (χ3n) is 2.61. The summed E-state index contributed by atoms with van der Waals surface area (Å²) >= 11 is 0. The molecule has 0 amide bonds. The highest BCUT2D eigenvalue weighted by atomic mass is 16.6. The number of nitro groups is 1. The van der Waals surface area contributed by atoms with Crippen molar-refractivity contribution < 1.29 is 4.92 Å². The van der Waals surface area contributed by atoms with Gasteiger partial charge in [-0.3, -0.25) is 10.1 Å². The van der Waals surface area contributed by atoms with Crippen molar-refractivity contribution in [2.24, 2.45) is 0 Å². The highest BCUT2D eigenvalue weighted by molar-refractivity contribution is 5.32. The van der Waals surface area contributed by atoms with Gasteiger partial charge in [0.25, 0.3) is 0 Å². The average Bonchev–Trinajstić information content (AvgIpc) is 2.40.